The molecular formula is C10H22O4. The van der Waals surface area contributed by atoms with Crippen LogP contribution in [0.2, 0.25) is 0 Å². The normalized spacial score (nSPS) is 15.4. The summed E-state index contributed by atoms with van der Waals surface area (Å²) in [6.07, 6.45) is 2.66. The van der Waals surface area contributed by atoms with Crippen molar-refractivity contribution in [3.63, 3.8) is 0 Å². The Morgan fingerprint density at radius 2 is 1.00 bits per heavy atom. The van der Waals surface area contributed by atoms with Crippen molar-refractivity contribution in [3.05, 3.63) is 0 Å². The first-order valence-corrected chi connectivity index (χ1v) is 5.28. The summed E-state index contributed by atoms with van der Waals surface area (Å²) in [4.78, 5) is 0. The van der Waals surface area contributed by atoms with Crippen LogP contribution in [0.15, 0.2) is 0 Å². The van der Waals surface area contributed by atoms with Gasteiger partial charge in [0.25, 0.3) is 0 Å². The molecule has 0 amide bonds. The highest BCUT2D eigenvalue weighted by atomic mass is 16.3. The van der Waals surface area contributed by atoms with Gasteiger partial charge in [0, 0.05) is 13.2 Å². The van der Waals surface area contributed by atoms with Gasteiger partial charge in [-0.2, -0.15) is 0 Å². The van der Waals surface area contributed by atoms with Crippen LogP contribution in [0.5, 0.6) is 0 Å². The van der Waals surface area contributed by atoms with Gasteiger partial charge in [-0.25, -0.2) is 0 Å². The molecule has 0 aliphatic rings. The van der Waals surface area contributed by atoms with E-state index in [2.05, 4.69) is 0 Å². The molecule has 0 aliphatic heterocycles. The molecule has 0 aromatic rings. The molecule has 0 saturated heterocycles. The van der Waals surface area contributed by atoms with Gasteiger partial charge in [-0.1, -0.05) is 0 Å². The first-order chi connectivity index (χ1) is 6.70. The highest BCUT2D eigenvalue weighted by Crippen LogP contribution is 2.10. The van der Waals surface area contributed by atoms with E-state index in [-0.39, 0.29) is 13.2 Å². The summed E-state index contributed by atoms with van der Waals surface area (Å²) in [7, 11) is 0. The summed E-state index contributed by atoms with van der Waals surface area (Å²) < 4.78 is 0. The van der Waals surface area contributed by atoms with Gasteiger partial charge in [0.15, 0.2) is 0 Å². The molecule has 0 heterocycles. The minimum Gasteiger partial charge on any atom is -0.396 e. The zero-order chi connectivity index (χ0) is 10.8. The van der Waals surface area contributed by atoms with Gasteiger partial charge in [-0.3, -0.25) is 0 Å². The van der Waals surface area contributed by atoms with E-state index in [1.54, 1.807) is 0 Å². The quantitative estimate of drug-likeness (QED) is 0.429. The van der Waals surface area contributed by atoms with E-state index in [0.29, 0.717) is 38.5 Å². The lowest BCUT2D eigenvalue weighted by Crippen LogP contribution is -2.14. The Hall–Kier alpha value is -0.160. The molecule has 0 saturated carbocycles. The number of hydrogen-bond donors (Lipinski definition) is 4. The van der Waals surface area contributed by atoms with E-state index < -0.39 is 12.2 Å². The van der Waals surface area contributed by atoms with Crippen molar-refractivity contribution in [2.75, 3.05) is 13.2 Å². The fourth-order valence-corrected chi connectivity index (χ4v) is 1.33. The summed E-state index contributed by atoms with van der Waals surface area (Å²) in [5, 5.41) is 35.8. The van der Waals surface area contributed by atoms with Gasteiger partial charge < -0.3 is 20.4 Å². The topological polar surface area (TPSA) is 80.9 Å². The average Bonchev–Trinajstić information content (AvgIpc) is 2.20. The number of aliphatic hydroxyl groups excluding tert-OH is 4. The third kappa shape index (κ3) is 8.44. The van der Waals surface area contributed by atoms with Crippen molar-refractivity contribution in [2.45, 2.75) is 50.7 Å². The Labute approximate surface area is 85.2 Å². The molecule has 0 aromatic heterocycles. The monoisotopic (exact) mass is 206 g/mol. The van der Waals surface area contributed by atoms with E-state index in [4.69, 9.17) is 10.2 Å². The fourth-order valence-electron chi connectivity index (χ4n) is 1.33. The average molecular weight is 206 g/mol. The van der Waals surface area contributed by atoms with E-state index in [1.165, 1.54) is 0 Å². The number of rotatable bonds is 9. The molecule has 0 fully saturated rings. The summed E-state index contributed by atoms with van der Waals surface area (Å²) in [6, 6.07) is 0. The SMILES string of the molecule is OCCCC(O)CCC(O)CCCO. The lowest BCUT2D eigenvalue weighted by atomic mass is 10.0. The highest BCUT2D eigenvalue weighted by Gasteiger charge is 2.08. The third-order valence-electron chi connectivity index (χ3n) is 2.22. The smallest absolute Gasteiger partial charge is 0.0542 e. The Kier molecular flexibility index (Phi) is 9.29. The van der Waals surface area contributed by atoms with Gasteiger partial charge in [-0.05, 0) is 38.5 Å². The maximum Gasteiger partial charge on any atom is 0.0542 e. The van der Waals surface area contributed by atoms with Crippen LogP contribution >= 0.6 is 0 Å². The summed E-state index contributed by atoms with van der Waals surface area (Å²) >= 11 is 0. The molecule has 14 heavy (non-hydrogen) atoms. The first-order valence-electron chi connectivity index (χ1n) is 5.28. The molecule has 86 valence electrons. The second kappa shape index (κ2) is 9.40. The molecule has 4 heteroatoms. The molecule has 4 N–H and O–H groups in total. The molecule has 0 bridgehead atoms. The zero-order valence-corrected chi connectivity index (χ0v) is 8.60. The van der Waals surface area contributed by atoms with E-state index in [1.807, 2.05) is 0 Å². The molecule has 0 aliphatic carbocycles. The molecule has 0 aromatic carbocycles. The van der Waals surface area contributed by atoms with Gasteiger partial charge in [0.2, 0.25) is 0 Å². The fraction of sp³-hybridized carbons (Fsp3) is 1.00. The standard InChI is InChI=1S/C10H22O4/c11-7-1-3-9(13)5-6-10(14)4-2-8-12/h9-14H,1-8H2. The summed E-state index contributed by atoms with van der Waals surface area (Å²) in [5.41, 5.74) is 0. The van der Waals surface area contributed by atoms with Gasteiger partial charge in [-0.15, -0.1) is 0 Å². The summed E-state index contributed by atoms with van der Waals surface area (Å²) in [5.74, 6) is 0. The minimum absolute atomic E-state index is 0.101. The second-order valence-corrected chi connectivity index (χ2v) is 3.62. The maximum absolute atomic E-state index is 9.38. The van der Waals surface area contributed by atoms with Crippen molar-refractivity contribution < 1.29 is 20.4 Å². The third-order valence-corrected chi connectivity index (χ3v) is 2.22. The van der Waals surface area contributed by atoms with Gasteiger partial charge in [0.1, 0.15) is 0 Å². The molecule has 4 nitrogen and oxygen atoms in total. The van der Waals surface area contributed by atoms with Crippen LogP contribution in [-0.2, 0) is 0 Å². The first kappa shape index (κ1) is 13.8. The Morgan fingerprint density at radius 1 is 0.643 bits per heavy atom. The van der Waals surface area contributed by atoms with Crippen LogP contribution in [0.3, 0.4) is 0 Å². The Morgan fingerprint density at radius 3 is 1.29 bits per heavy atom. The predicted octanol–water partition coefficient (Wildman–Crippen LogP) is 0.0334. The van der Waals surface area contributed by atoms with Crippen LogP contribution in [0.4, 0.5) is 0 Å². The number of aliphatic hydroxyl groups is 4. The molecule has 0 rings (SSSR count). The van der Waals surface area contributed by atoms with Crippen LogP contribution in [0.1, 0.15) is 38.5 Å². The lowest BCUT2D eigenvalue weighted by molar-refractivity contribution is 0.0947. The van der Waals surface area contributed by atoms with Crippen molar-refractivity contribution in [1.82, 2.24) is 0 Å². The van der Waals surface area contributed by atoms with Crippen molar-refractivity contribution >= 4 is 0 Å². The highest BCUT2D eigenvalue weighted by molar-refractivity contribution is 4.61. The van der Waals surface area contributed by atoms with Crippen molar-refractivity contribution in [1.29, 1.82) is 0 Å². The molecule has 0 radical (unpaired) electrons. The molecule has 2 atom stereocenters. The zero-order valence-electron chi connectivity index (χ0n) is 8.60. The van der Waals surface area contributed by atoms with Gasteiger partial charge in [0.05, 0.1) is 12.2 Å². The van der Waals surface area contributed by atoms with Crippen LogP contribution in [0, 0.1) is 0 Å². The summed E-state index contributed by atoms with van der Waals surface area (Å²) in [6.45, 7) is 0.203. The lowest BCUT2D eigenvalue weighted by Gasteiger charge is -2.13. The van der Waals surface area contributed by atoms with Crippen molar-refractivity contribution in [2.24, 2.45) is 0 Å². The van der Waals surface area contributed by atoms with Crippen molar-refractivity contribution in [3.8, 4) is 0 Å². The van der Waals surface area contributed by atoms with E-state index in [9.17, 15) is 10.2 Å². The minimum atomic E-state index is -0.425. The largest absolute Gasteiger partial charge is 0.396 e. The van der Waals surface area contributed by atoms with E-state index in [0.717, 1.165) is 0 Å². The second-order valence-electron chi connectivity index (χ2n) is 3.62. The van der Waals surface area contributed by atoms with E-state index >= 15 is 0 Å². The Balaban J connectivity index is 3.31. The predicted molar refractivity (Wildman–Crippen MR) is 53.9 cm³/mol. The van der Waals surface area contributed by atoms with Gasteiger partial charge >= 0.3 is 0 Å². The van der Waals surface area contributed by atoms with Crippen LogP contribution in [0.25, 0.3) is 0 Å². The van der Waals surface area contributed by atoms with Crippen LogP contribution in [-0.4, -0.2) is 45.8 Å². The number of hydrogen-bond acceptors (Lipinski definition) is 4. The molecular weight excluding hydrogens is 184 g/mol. The Bertz CT molecular complexity index is 105. The maximum atomic E-state index is 9.38. The molecule has 0 spiro atoms. The van der Waals surface area contributed by atoms with Crippen LogP contribution < -0.4 is 0 Å². The molecule has 2 unspecified atom stereocenters.